The molecule has 2 heterocycles. The number of aromatic nitrogens is 2. The molecule has 2 aromatic carbocycles. The Morgan fingerprint density at radius 1 is 1.09 bits per heavy atom. The van der Waals surface area contributed by atoms with Gasteiger partial charge in [0.05, 0.1) is 12.2 Å². The molecule has 0 aliphatic carbocycles. The molecule has 0 spiro atoms. The molecular formula is C25H29N7O3. The highest BCUT2D eigenvalue weighted by Crippen LogP contribution is 2.34. The van der Waals surface area contributed by atoms with Gasteiger partial charge in [0.1, 0.15) is 18.0 Å². The number of rotatable bonds is 8. The molecule has 0 saturated carbocycles. The van der Waals surface area contributed by atoms with Crippen molar-refractivity contribution in [3.05, 3.63) is 66.4 Å². The summed E-state index contributed by atoms with van der Waals surface area (Å²) < 4.78 is 6.08. The van der Waals surface area contributed by atoms with Gasteiger partial charge in [0.15, 0.2) is 5.96 Å². The average molecular weight is 476 g/mol. The number of H-pyrrole nitrogens is 1. The highest BCUT2D eigenvalue weighted by Gasteiger charge is 2.25. The van der Waals surface area contributed by atoms with Gasteiger partial charge in [0, 0.05) is 30.3 Å². The van der Waals surface area contributed by atoms with E-state index in [1.54, 1.807) is 4.90 Å². The lowest BCUT2D eigenvalue weighted by atomic mass is 9.93. The fraction of sp³-hybridized carbons (Fsp3) is 0.280. The number of likely N-dealkylation sites (tertiary alicyclic amines) is 1. The SMILES string of the molecule is NC(N)=NCC(=O)NCC(=O)N1CCC(c2cc(-c3ccccc3Oc3ccccc3)n[nH]2)CC1. The monoisotopic (exact) mass is 475 g/mol. The number of guanidine groups is 1. The number of hydrogen-bond donors (Lipinski definition) is 4. The third kappa shape index (κ3) is 6.38. The number of carbonyl (C=O) groups is 2. The van der Waals surface area contributed by atoms with E-state index in [-0.39, 0.29) is 30.9 Å². The number of nitrogens with two attached hydrogens (primary N) is 2. The maximum atomic E-state index is 12.5. The lowest BCUT2D eigenvalue weighted by Crippen LogP contribution is -2.44. The highest BCUT2D eigenvalue weighted by molar-refractivity contribution is 5.87. The van der Waals surface area contributed by atoms with E-state index in [0.717, 1.165) is 41.3 Å². The van der Waals surface area contributed by atoms with Crippen LogP contribution in [0.2, 0.25) is 0 Å². The van der Waals surface area contributed by atoms with Crippen LogP contribution in [0.5, 0.6) is 11.5 Å². The van der Waals surface area contributed by atoms with Gasteiger partial charge in [-0.1, -0.05) is 30.3 Å². The maximum Gasteiger partial charge on any atom is 0.242 e. The van der Waals surface area contributed by atoms with Crippen LogP contribution in [0.1, 0.15) is 24.5 Å². The highest BCUT2D eigenvalue weighted by atomic mass is 16.5. The van der Waals surface area contributed by atoms with E-state index in [1.165, 1.54) is 0 Å². The Morgan fingerprint density at radius 3 is 2.54 bits per heavy atom. The number of amides is 2. The van der Waals surface area contributed by atoms with Gasteiger partial charge in [-0.3, -0.25) is 14.7 Å². The van der Waals surface area contributed by atoms with Crippen LogP contribution in [0, 0.1) is 0 Å². The van der Waals surface area contributed by atoms with E-state index in [1.807, 2.05) is 54.6 Å². The molecule has 1 aliphatic rings. The zero-order valence-electron chi connectivity index (χ0n) is 19.3. The van der Waals surface area contributed by atoms with Crippen molar-refractivity contribution in [1.82, 2.24) is 20.4 Å². The van der Waals surface area contributed by atoms with Crippen LogP contribution in [0.25, 0.3) is 11.3 Å². The second-order valence-electron chi connectivity index (χ2n) is 8.29. The number of aromatic amines is 1. The summed E-state index contributed by atoms with van der Waals surface area (Å²) in [6.45, 7) is 0.944. The van der Waals surface area contributed by atoms with Gasteiger partial charge in [0.2, 0.25) is 11.8 Å². The summed E-state index contributed by atoms with van der Waals surface area (Å²) in [6, 6.07) is 19.5. The van der Waals surface area contributed by atoms with Crippen molar-refractivity contribution < 1.29 is 14.3 Å². The van der Waals surface area contributed by atoms with E-state index >= 15 is 0 Å². The zero-order valence-corrected chi connectivity index (χ0v) is 19.3. The summed E-state index contributed by atoms with van der Waals surface area (Å²) in [4.78, 5) is 29.5. The first-order valence-electron chi connectivity index (χ1n) is 11.5. The minimum Gasteiger partial charge on any atom is -0.457 e. The molecule has 10 nitrogen and oxygen atoms in total. The summed E-state index contributed by atoms with van der Waals surface area (Å²) >= 11 is 0. The minimum absolute atomic E-state index is 0.0735. The zero-order chi connectivity index (χ0) is 24.6. The fourth-order valence-corrected chi connectivity index (χ4v) is 4.01. The summed E-state index contributed by atoms with van der Waals surface area (Å²) in [5.41, 5.74) is 13.2. The third-order valence-electron chi connectivity index (χ3n) is 5.86. The van der Waals surface area contributed by atoms with Gasteiger partial charge in [-0.25, -0.2) is 4.99 Å². The summed E-state index contributed by atoms with van der Waals surface area (Å²) in [5.74, 6) is 1.07. The first-order chi connectivity index (χ1) is 17.0. The van der Waals surface area contributed by atoms with E-state index in [9.17, 15) is 9.59 Å². The summed E-state index contributed by atoms with van der Waals surface area (Å²) in [6.07, 6.45) is 1.61. The van der Waals surface area contributed by atoms with Gasteiger partial charge in [-0.05, 0) is 43.2 Å². The maximum absolute atomic E-state index is 12.5. The summed E-state index contributed by atoms with van der Waals surface area (Å²) in [7, 11) is 0. The standard InChI is InChI=1S/C25H29N7O3/c26-25(27)29-15-23(33)28-16-24(34)32-12-10-17(11-13-32)20-14-21(31-30-20)19-8-4-5-9-22(19)35-18-6-2-1-3-7-18/h1-9,14,17H,10-13,15-16H2,(H,28,33)(H,30,31)(H4,26,27,29). The van der Waals surface area contributed by atoms with E-state index in [0.29, 0.717) is 13.1 Å². The second kappa shape index (κ2) is 11.2. The Labute approximate surface area is 203 Å². The Kier molecular flexibility index (Phi) is 7.61. The van der Waals surface area contributed by atoms with Crippen molar-refractivity contribution in [3.63, 3.8) is 0 Å². The molecule has 4 rings (SSSR count). The number of piperidine rings is 1. The van der Waals surface area contributed by atoms with Crippen LogP contribution in [0.3, 0.4) is 0 Å². The minimum atomic E-state index is -0.400. The fourth-order valence-electron chi connectivity index (χ4n) is 4.01. The van der Waals surface area contributed by atoms with Crippen LogP contribution < -0.4 is 21.5 Å². The van der Waals surface area contributed by atoms with Crippen LogP contribution in [-0.2, 0) is 9.59 Å². The lowest BCUT2D eigenvalue weighted by molar-refractivity contribution is -0.133. The first kappa shape index (κ1) is 23.8. The third-order valence-corrected chi connectivity index (χ3v) is 5.86. The van der Waals surface area contributed by atoms with E-state index in [2.05, 4.69) is 26.6 Å². The molecule has 0 unspecified atom stereocenters. The van der Waals surface area contributed by atoms with E-state index < -0.39 is 5.91 Å². The normalized spacial score (nSPS) is 13.8. The Morgan fingerprint density at radius 2 is 1.80 bits per heavy atom. The molecule has 0 radical (unpaired) electrons. The Balaban J connectivity index is 1.33. The first-order valence-corrected chi connectivity index (χ1v) is 11.5. The van der Waals surface area contributed by atoms with Crippen LogP contribution in [-0.4, -0.2) is 59.1 Å². The van der Waals surface area contributed by atoms with Crippen molar-refractivity contribution in [1.29, 1.82) is 0 Å². The topological polar surface area (TPSA) is 152 Å². The smallest absolute Gasteiger partial charge is 0.242 e. The molecule has 35 heavy (non-hydrogen) atoms. The molecule has 3 aromatic rings. The number of carbonyl (C=O) groups excluding carboxylic acids is 2. The molecule has 0 atom stereocenters. The number of nitrogens with one attached hydrogen (secondary N) is 2. The van der Waals surface area contributed by atoms with Crippen molar-refractivity contribution >= 4 is 17.8 Å². The van der Waals surface area contributed by atoms with Gasteiger partial charge in [-0.2, -0.15) is 5.10 Å². The van der Waals surface area contributed by atoms with Crippen LogP contribution >= 0.6 is 0 Å². The van der Waals surface area contributed by atoms with Gasteiger partial charge in [0.25, 0.3) is 0 Å². The number of benzene rings is 2. The number of nitrogens with zero attached hydrogens (tertiary/aromatic N) is 3. The van der Waals surface area contributed by atoms with Gasteiger partial charge >= 0.3 is 0 Å². The Hall–Kier alpha value is -4.34. The number of para-hydroxylation sites is 2. The number of ether oxygens (including phenoxy) is 1. The predicted octanol–water partition coefficient (Wildman–Crippen LogP) is 1.96. The van der Waals surface area contributed by atoms with Gasteiger partial charge < -0.3 is 26.4 Å². The molecule has 2 amide bonds. The molecule has 10 heteroatoms. The lowest BCUT2D eigenvalue weighted by Gasteiger charge is -2.31. The van der Waals surface area contributed by atoms with Crippen molar-refractivity contribution in [2.24, 2.45) is 16.5 Å². The largest absolute Gasteiger partial charge is 0.457 e. The van der Waals surface area contributed by atoms with Crippen LogP contribution in [0.4, 0.5) is 0 Å². The van der Waals surface area contributed by atoms with Crippen molar-refractivity contribution in [2.75, 3.05) is 26.2 Å². The molecule has 182 valence electrons. The Bertz CT molecular complexity index is 1180. The van der Waals surface area contributed by atoms with Crippen molar-refractivity contribution in [3.8, 4) is 22.8 Å². The molecular weight excluding hydrogens is 446 g/mol. The quantitative estimate of drug-likeness (QED) is 0.289. The molecule has 1 saturated heterocycles. The molecule has 1 aliphatic heterocycles. The van der Waals surface area contributed by atoms with Gasteiger partial charge in [-0.15, -0.1) is 0 Å². The van der Waals surface area contributed by atoms with Crippen molar-refractivity contribution in [2.45, 2.75) is 18.8 Å². The second-order valence-corrected chi connectivity index (χ2v) is 8.29. The number of hydrogen-bond acceptors (Lipinski definition) is 5. The molecule has 1 aromatic heterocycles. The molecule has 6 N–H and O–H groups in total. The number of aliphatic imine (C=N–C) groups is 1. The van der Waals surface area contributed by atoms with Crippen LogP contribution in [0.15, 0.2) is 65.7 Å². The molecule has 0 bridgehead atoms. The van der Waals surface area contributed by atoms with E-state index in [4.69, 9.17) is 16.2 Å². The summed E-state index contributed by atoms with van der Waals surface area (Å²) in [5, 5.41) is 10.3. The predicted molar refractivity (Wildman–Crippen MR) is 133 cm³/mol. The average Bonchev–Trinajstić information content (AvgIpc) is 3.37. The molecule has 1 fully saturated rings.